The highest BCUT2D eigenvalue weighted by atomic mass is 19.1. The highest BCUT2D eigenvalue weighted by Crippen LogP contribution is 2.24. The minimum atomic E-state index is -0.328. The van der Waals surface area contributed by atoms with E-state index in [0.29, 0.717) is 12.6 Å². The number of nitrogens with one attached hydrogen (secondary N) is 1. The second-order valence-corrected chi connectivity index (χ2v) is 5.54. The van der Waals surface area contributed by atoms with Gasteiger partial charge in [0.1, 0.15) is 0 Å². The molecule has 0 aromatic heterocycles. The zero-order valence-corrected chi connectivity index (χ0v) is 12.2. The molecule has 0 saturated heterocycles. The molecule has 4 heteroatoms. The van der Waals surface area contributed by atoms with Crippen molar-refractivity contribution < 1.29 is 9.13 Å². The van der Waals surface area contributed by atoms with Crippen molar-refractivity contribution in [1.82, 2.24) is 5.32 Å². The number of hydrogen-bond acceptors (Lipinski definition) is 3. The van der Waals surface area contributed by atoms with Gasteiger partial charge in [0, 0.05) is 18.6 Å². The highest BCUT2D eigenvalue weighted by molar-refractivity contribution is 5.31. The molecule has 1 aromatic rings. The normalized spacial score (nSPS) is 18.6. The van der Waals surface area contributed by atoms with Crippen LogP contribution in [-0.4, -0.2) is 19.7 Å². The SMILES string of the molecule is COc1ccc(C(CN)NC2CCCCCC2)cc1F. The maximum atomic E-state index is 13.8. The van der Waals surface area contributed by atoms with E-state index in [-0.39, 0.29) is 17.6 Å². The first-order valence-electron chi connectivity index (χ1n) is 7.54. The molecular weight excluding hydrogens is 255 g/mol. The fraction of sp³-hybridized carbons (Fsp3) is 0.625. The number of benzene rings is 1. The Hall–Kier alpha value is -1.13. The average molecular weight is 280 g/mol. The number of rotatable bonds is 5. The summed E-state index contributed by atoms with van der Waals surface area (Å²) in [7, 11) is 1.47. The molecule has 1 aromatic carbocycles. The van der Waals surface area contributed by atoms with Crippen LogP contribution in [0.25, 0.3) is 0 Å². The fourth-order valence-corrected chi connectivity index (χ4v) is 2.93. The Bertz CT molecular complexity index is 417. The molecule has 0 bridgehead atoms. The molecule has 20 heavy (non-hydrogen) atoms. The van der Waals surface area contributed by atoms with Gasteiger partial charge < -0.3 is 15.8 Å². The van der Waals surface area contributed by atoms with Gasteiger partial charge in [0.2, 0.25) is 0 Å². The van der Waals surface area contributed by atoms with Crippen LogP contribution in [0.4, 0.5) is 4.39 Å². The molecule has 0 heterocycles. The standard InChI is InChI=1S/C16H25FN2O/c1-20-16-9-8-12(10-14(16)17)15(11-18)19-13-6-4-2-3-5-7-13/h8-10,13,15,19H,2-7,11,18H2,1H3. The van der Waals surface area contributed by atoms with Crippen LogP contribution in [-0.2, 0) is 0 Å². The zero-order valence-electron chi connectivity index (χ0n) is 12.2. The molecule has 1 fully saturated rings. The van der Waals surface area contributed by atoms with E-state index in [1.165, 1.54) is 51.7 Å². The second-order valence-electron chi connectivity index (χ2n) is 5.54. The molecule has 3 nitrogen and oxygen atoms in total. The lowest BCUT2D eigenvalue weighted by atomic mass is 10.0. The number of nitrogens with two attached hydrogens (primary N) is 1. The predicted octanol–water partition coefficient (Wildman–Crippen LogP) is 3.15. The van der Waals surface area contributed by atoms with Crippen molar-refractivity contribution in [3.63, 3.8) is 0 Å². The van der Waals surface area contributed by atoms with Crippen molar-refractivity contribution in [3.05, 3.63) is 29.6 Å². The molecule has 3 N–H and O–H groups in total. The molecular formula is C16H25FN2O. The summed E-state index contributed by atoms with van der Waals surface area (Å²) in [5.74, 6) is -0.0508. The molecule has 0 aliphatic heterocycles. The first-order valence-corrected chi connectivity index (χ1v) is 7.54. The Morgan fingerprint density at radius 2 is 2.00 bits per heavy atom. The van der Waals surface area contributed by atoms with E-state index in [0.717, 1.165) is 5.56 Å². The topological polar surface area (TPSA) is 47.3 Å². The molecule has 112 valence electrons. The molecule has 0 spiro atoms. The fourth-order valence-electron chi connectivity index (χ4n) is 2.93. The summed E-state index contributed by atoms with van der Waals surface area (Å²) >= 11 is 0. The third kappa shape index (κ3) is 3.93. The van der Waals surface area contributed by atoms with E-state index >= 15 is 0 Å². The Morgan fingerprint density at radius 3 is 2.55 bits per heavy atom. The highest BCUT2D eigenvalue weighted by Gasteiger charge is 2.18. The smallest absolute Gasteiger partial charge is 0.165 e. The quantitative estimate of drug-likeness (QED) is 0.815. The third-order valence-corrected chi connectivity index (χ3v) is 4.11. The predicted molar refractivity (Wildman–Crippen MR) is 79.4 cm³/mol. The van der Waals surface area contributed by atoms with Gasteiger partial charge in [-0.2, -0.15) is 0 Å². The summed E-state index contributed by atoms with van der Waals surface area (Å²) in [6.07, 6.45) is 7.56. The maximum Gasteiger partial charge on any atom is 0.165 e. The van der Waals surface area contributed by atoms with Crippen molar-refractivity contribution in [2.24, 2.45) is 5.73 Å². The lowest BCUT2D eigenvalue weighted by Gasteiger charge is -2.24. The Balaban J connectivity index is 2.05. The van der Waals surface area contributed by atoms with Crippen molar-refractivity contribution in [2.75, 3.05) is 13.7 Å². The first-order chi connectivity index (χ1) is 9.74. The van der Waals surface area contributed by atoms with Gasteiger partial charge in [-0.05, 0) is 30.5 Å². The molecule has 0 amide bonds. The number of ether oxygens (including phenoxy) is 1. The van der Waals surface area contributed by atoms with Crippen LogP contribution in [0.3, 0.4) is 0 Å². The Kier molecular flexibility index (Phi) is 5.80. The van der Waals surface area contributed by atoms with Crippen molar-refractivity contribution in [2.45, 2.75) is 50.6 Å². The summed E-state index contributed by atoms with van der Waals surface area (Å²) in [4.78, 5) is 0. The largest absolute Gasteiger partial charge is 0.494 e. The van der Waals surface area contributed by atoms with E-state index in [4.69, 9.17) is 10.5 Å². The molecule has 1 aliphatic carbocycles. The Morgan fingerprint density at radius 1 is 1.30 bits per heavy atom. The first kappa shape index (κ1) is 15.3. The lowest BCUT2D eigenvalue weighted by molar-refractivity contribution is 0.381. The van der Waals surface area contributed by atoms with Crippen LogP contribution in [0.2, 0.25) is 0 Å². The van der Waals surface area contributed by atoms with Gasteiger partial charge >= 0.3 is 0 Å². The summed E-state index contributed by atoms with van der Waals surface area (Å²) in [5.41, 5.74) is 6.76. The molecule has 1 atom stereocenters. The van der Waals surface area contributed by atoms with Crippen molar-refractivity contribution >= 4 is 0 Å². The van der Waals surface area contributed by atoms with Gasteiger partial charge in [-0.15, -0.1) is 0 Å². The van der Waals surface area contributed by atoms with E-state index in [2.05, 4.69) is 5.32 Å². The molecule has 1 saturated carbocycles. The van der Waals surface area contributed by atoms with Gasteiger partial charge in [-0.3, -0.25) is 0 Å². The number of halogens is 1. The molecule has 0 radical (unpaired) electrons. The summed E-state index contributed by atoms with van der Waals surface area (Å²) in [6.45, 7) is 0.474. The maximum absolute atomic E-state index is 13.8. The van der Waals surface area contributed by atoms with E-state index in [1.807, 2.05) is 6.07 Å². The lowest BCUT2D eigenvalue weighted by Crippen LogP contribution is -2.36. The second kappa shape index (κ2) is 7.60. The number of methoxy groups -OCH3 is 1. The van der Waals surface area contributed by atoms with Crippen LogP contribution >= 0.6 is 0 Å². The zero-order chi connectivity index (χ0) is 14.4. The van der Waals surface area contributed by atoms with Gasteiger partial charge in [-0.25, -0.2) is 4.39 Å². The van der Waals surface area contributed by atoms with Crippen molar-refractivity contribution in [1.29, 1.82) is 0 Å². The molecule has 2 rings (SSSR count). The Labute approximate surface area is 120 Å². The van der Waals surface area contributed by atoms with Gasteiger partial charge in [0.05, 0.1) is 7.11 Å². The summed E-state index contributed by atoms with van der Waals surface area (Å²) in [5, 5.41) is 3.59. The van der Waals surface area contributed by atoms with E-state index in [9.17, 15) is 4.39 Å². The van der Waals surface area contributed by atoms with E-state index < -0.39 is 0 Å². The average Bonchev–Trinajstić information content (AvgIpc) is 2.73. The van der Waals surface area contributed by atoms with Gasteiger partial charge in [-0.1, -0.05) is 31.7 Å². The van der Waals surface area contributed by atoms with Gasteiger partial charge in [0.15, 0.2) is 11.6 Å². The van der Waals surface area contributed by atoms with E-state index in [1.54, 1.807) is 6.07 Å². The van der Waals surface area contributed by atoms with Crippen LogP contribution in [0.5, 0.6) is 5.75 Å². The van der Waals surface area contributed by atoms with Crippen LogP contribution < -0.4 is 15.8 Å². The molecule has 1 unspecified atom stereocenters. The molecule has 1 aliphatic rings. The third-order valence-electron chi connectivity index (χ3n) is 4.11. The monoisotopic (exact) mass is 280 g/mol. The minimum absolute atomic E-state index is 0.0125. The summed E-state index contributed by atoms with van der Waals surface area (Å²) in [6, 6.07) is 5.60. The van der Waals surface area contributed by atoms with Crippen LogP contribution in [0.1, 0.15) is 50.1 Å². The van der Waals surface area contributed by atoms with Crippen molar-refractivity contribution in [3.8, 4) is 5.75 Å². The number of hydrogen-bond donors (Lipinski definition) is 2. The van der Waals surface area contributed by atoms with Crippen LogP contribution in [0, 0.1) is 5.82 Å². The minimum Gasteiger partial charge on any atom is -0.494 e. The summed E-state index contributed by atoms with van der Waals surface area (Å²) < 4.78 is 18.8. The van der Waals surface area contributed by atoms with Crippen LogP contribution in [0.15, 0.2) is 18.2 Å². The van der Waals surface area contributed by atoms with Gasteiger partial charge in [0.25, 0.3) is 0 Å².